The molecule has 1 aliphatic carbocycles. The second-order valence-corrected chi connectivity index (χ2v) is 9.41. The van der Waals surface area contributed by atoms with Crippen molar-refractivity contribution in [2.45, 2.75) is 32.2 Å². The molecule has 0 unspecified atom stereocenters. The average molecular weight is 496 g/mol. The number of hydrogen-bond donors (Lipinski definition) is 0. The molecule has 3 aliphatic heterocycles. The lowest BCUT2D eigenvalue weighted by molar-refractivity contribution is -0.274. The quantitative estimate of drug-likeness (QED) is 0.583. The first-order valence-electron chi connectivity index (χ1n) is 11.5. The van der Waals surface area contributed by atoms with E-state index in [1.165, 1.54) is 10.5 Å². The SMILES string of the molecule is O=C(OCc1ccc(OC(F)(F)F)cc1F)N1C[C@@H]2CN(C(=O)[C@@H]3CCC4=C(C3)N=NC4)C[C@H]2C1. The molecule has 4 aliphatic rings. The van der Waals surface area contributed by atoms with Crippen LogP contribution in [0.5, 0.6) is 5.75 Å². The van der Waals surface area contributed by atoms with Crippen LogP contribution < -0.4 is 4.74 Å². The highest BCUT2D eigenvalue weighted by Crippen LogP contribution is 2.37. The molecule has 0 spiro atoms. The van der Waals surface area contributed by atoms with Crippen molar-refractivity contribution in [3.63, 3.8) is 0 Å². The van der Waals surface area contributed by atoms with Gasteiger partial charge in [-0.25, -0.2) is 9.18 Å². The molecule has 0 saturated carbocycles. The average Bonchev–Trinajstić information content (AvgIpc) is 3.51. The third-order valence-corrected chi connectivity index (χ3v) is 7.11. The van der Waals surface area contributed by atoms with E-state index in [1.807, 2.05) is 4.90 Å². The van der Waals surface area contributed by atoms with Crippen LogP contribution in [-0.2, 0) is 16.1 Å². The van der Waals surface area contributed by atoms with E-state index < -0.39 is 30.6 Å². The molecular weight excluding hydrogens is 472 g/mol. The minimum Gasteiger partial charge on any atom is -0.444 e. The highest BCUT2D eigenvalue weighted by molar-refractivity contribution is 5.80. The van der Waals surface area contributed by atoms with Gasteiger partial charge in [-0.3, -0.25) is 4.79 Å². The second kappa shape index (κ2) is 9.12. The molecule has 188 valence electrons. The van der Waals surface area contributed by atoms with Gasteiger partial charge in [0.1, 0.15) is 18.2 Å². The Balaban J connectivity index is 1.09. The summed E-state index contributed by atoms with van der Waals surface area (Å²) in [5.41, 5.74) is 2.14. The largest absolute Gasteiger partial charge is 0.573 e. The van der Waals surface area contributed by atoms with Crippen LogP contribution in [0.3, 0.4) is 0 Å². The van der Waals surface area contributed by atoms with Crippen LogP contribution in [0.4, 0.5) is 22.4 Å². The van der Waals surface area contributed by atoms with E-state index in [9.17, 15) is 27.2 Å². The number of benzene rings is 1. The molecule has 2 fully saturated rings. The van der Waals surface area contributed by atoms with Crippen LogP contribution in [0.2, 0.25) is 0 Å². The molecule has 0 bridgehead atoms. The number of amides is 2. The standard InChI is InChI=1S/C23H24F4N4O4/c24-19-6-18(35-23(25,26)27)4-3-15(19)12-34-22(33)31-10-16-8-30(9-17(16)11-31)21(32)13-1-2-14-7-28-29-20(14)5-13/h3-4,6,13,16-17H,1-2,5,7-12H2/t13-,16+,17+/m1/s1. The van der Waals surface area contributed by atoms with Crippen molar-refractivity contribution < 1.29 is 36.6 Å². The summed E-state index contributed by atoms with van der Waals surface area (Å²) in [5, 5.41) is 8.22. The van der Waals surface area contributed by atoms with Gasteiger partial charge in [-0.05, 0) is 30.5 Å². The Morgan fingerprint density at radius 1 is 1.09 bits per heavy atom. The minimum absolute atomic E-state index is 0.0587. The van der Waals surface area contributed by atoms with Crippen LogP contribution in [0.15, 0.2) is 39.7 Å². The lowest BCUT2D eigenvalue weighted by Crippen LogP contribution is -2.39. The van der Waals surface area contributed by atoms with Crippen molar-refractivity contribution >= 4 is 12.0 Å². The Morgan fingerprint density at radius 3 is 2.49 bits per heavy atom. The van der Waals surface area contributed by atoms with Gasteiger partial charge in [0.25, 0.3) is 0 Å². The fraction of sp³-hybridized carbons (Fsp3) is 0.565. The van der Waals surface area contributed by atoms with Gasteiger partial charge in [-0.15, -0.1) is 13.2 Å². The molecule has 8 nitrogen and oxygen atoms in total. The number of azo groups is 1. The van der Waals surface area contributed by atoms with E-state index in [-0.39, 0.29) is 29.2 Å². The summed E-state index contributed by atoms with van der Waals surface area (Å²) in [6, 6.07) is 2.65. The predicted octanol–water partition coefficient (Wildman–Crippen LogP) is 4.27. The minimum atomic E-state index is -4.92. The van der Waals surface area contributed by atoms with Gasteiger partial charge < -0.3 is 19.3 Å². The number of alkyl halides is 3. The number of carbonyl (C=O) groups excluding carboxylic acids is 2. The topological polar surface area (TPSA) is 83.8 Å². The van der Waals surface area contributed by atoms with E-state index in [0.717, 1.165) is 30.7 Å². The third kappa shape index (κ3) is 5.10. The molecule has 1 aromatic carbocycles. The van der Waals surface area contributed by atoms with E-state index in [1.54, 1.807) is 0 Å². The lowest BCUT2D eigenvalue weighted by atomic mass is 9.87. The number of likely N-dealkylation sites (tertiary alicyclic amines) is 2. The van der Waals surface area contributed by atoms with Crippen LogP contribution >= 0.6 is 0 Å². The maximum atomic E-state index is 14.1. The summed E-state index contributed by atoms with van der Waals surface area (Å²) < 4.78 is 59.7. The first kappa shape index (κ1) is 23.6. The zero-order valence-electron chi connectivity index (χ0n) is 18.8. The van der Waals surface area contributed by atoms with Gasteiger partial charge in [0, 0.05) is 62.0 Å². The fourth-order valence-corrected chi connectivity index (χ4v) is 5.32. The van der Waals surface area contributed by atoms with Gasteiger partial charge >= 0.3 is 12.5 Å². The molecule has 0 N–H and O–H groups in total. The Hall–Kier alpha value is -3.18. The first-order chi connectivity index (χ1) is 16.7. The molecule has 2 amide bonds. The third-order valence-electron chi connectivity index (χ3n) is 7.11. The van der Waals surface area contributed by atoms with Gasteiger partial charge in [0.15, 0.2) is 0 Å². The number of allylic oxidation sites excluding steroid dienone is 1. The number of carbonyl (C=O) groups is 2. The molecular formula is C23H24F4N4O4. The highest BCUT2D eigenvalue weighted by Gasteiger charge is 2.45. The Kier molecular flexibility index (Phi) is 6.14. The summed E-state index contributed by atoms with van der Waals surface area (Å²) in [7, 11) is 0. The summed E-state index contributed by atoms with van der Waals surface area (Å²) >= 11 is 0. The normalized spacial score (nSPS) is 25.7. The summed E-state index contributed by atoms with van der Waals surface area (Å²) in [4.78, 5) is 29.0. The fourth-order valence-electron chi connectivity index (χ4n) is 5.32. The van der Waals surface area contributed by atoms with Gasteiger partial charge in [-0.1, -0.05) is 0 Å². The number of ether oxygens (including phenoxy) is 2. The van der Waals surface area contributed by atoms with Crippen LogP contribution in [0.1, 0.15) is 24.8 Å². The molecule has 3 atom stereocenters. The summed E-state index contributed by atoms with van der Waals surface area (Å²) in [6.45, 7) is 2.26. The number of fused-ring (bicyclic) bond motifs is 1. The molecule has 12 heteroatoms. The molecule has 2 saturated heterocycles. The Morgan fingerprint density at radius 2 is 1.80 bits per heavy atom. The van der Waals surface area contributed by atoms with Gasteiger partial charge in [0.2, 0.25) is 5.91 Å². The predicted molar refractivity (Wildman–Crippen MR) is 112 cm³/mol. The Bertz CT molecular complexity index is 1080. The van der Waals surface area contributed by atoms with E-state index >= 15 is 0 Å². The molecule has 35 heavy (non-hydrogen) atoms. The van der Waals surface area contributed by atoms with Gasteiger partial charge in [0.05, 0.1) is 12.2 Å². The van der Waals surface area contributed by atoms with Crippen molar-refractivity contribution in [2.75, 3.05) is 32.7 Å². The van der Waals surface area contributed by atoms with Crippen molar-refractivity contribution in [3.05, 3.63) is 40.8 Å². The van der Waals surface area contributed by atoms with Crippen LogP contribution in [-0.4, -0.2) is 60.9 Å². The number of hydrogen-bond acceptors (Lipinski definition) is 6. The number of rotatable bonds is 4. The maximum absolute atomic E-state index is 14.1. The molecule has 0 radical (unpaired) electrons. The maximum Gasteiger partial charge on any atom is 0.573 e. The summed E-state index contributed by atoms with van der Waals surface area (Å²) in [6.07, 6.45) is -3.23. The van der Waals surface area contributed by atoms with Crippen molar-refractivity contribution in [2.24, 2.45) is 28.0 Å². The zero-order valence-corrected chi connectivity index (χ0v) is 18.8. The molecule has 5 rings (SSSR count). The van der Waals surface area contributed by atoms with E-state index in [0.29, 0.717) is 45.2 Å². The van der Waals surface area contributed by atoms with E-state index in [4.69, 9.17) is 4.74 Å². The van der Waals surface area contributed by atoms with Crippen molar-refractivity contribution in [1.82, 2.24) is 9.80 Å². The van der Waals surface area contributed by atoms with Crippen LogP contribution in [0.25, 0.3) is 0 Å². The first-order valence-corrected chi connectivity index (χ1v) is 11.5. The van der Waals surface area contributed by atoms with Crippen molar-refractivity contribution in [1.29, 1.82) is 0 Å². The van der Waals surface area contributed by atoms with Gasteiger partial charge in [-0.2, -0.15) is 10.2 Å². The van der Waals surface area contributed by atoms with E-state index in [2.05, 4.69) is 15.0 Å². The lowest BCUT2D eigenvalue weighted by Gasteiger charge is -2.27. The molecule has 1 aromatic rings. The second-order valence-electron chi connectivity index (χ2n) is 9.41. The molecule has 0 aromatic heterocycles. The number of halogens is 4. The highest BCUT2D eigenvalue weighted by atomic mass is 19.4. The zero-order chi connectivity index (χ0) is 24.7. The monoisotopic (exact) mass is 496 g/mol. The summed E-state index contributed by atoms with van der Waals surface area (Å²) in [5.74, 6) is -1.30. The Labute approximate surface area is 198 Å². The van der Waals surface area contributed by atoms with Crippen molar-refractivity contribution in [3.8, 4) is 5.75 Å². The van der Waals surface area contributed by atoms with Crippen LogP contribution in [0, 0.1) is 23.6 Å². The molecule has 3 heterocycles. The number of nitrogens with zero attached hydrogens (tertiary/aromatic N) is 4. The smallest absolute Gasteiger partial charge is 0.444 e.